The largest absolute Gasteiger partial charge is 0.508 e. The van der Waals surface area contributed by atoms with Gasteiger partial charge in [0.05, 0.1) is 13.2 Å². The van der Waals surface area contributed by atoms with Gasteiger partial charge in [-0.25, -0.2) is 0 Å². The van der Waals surface area contributed by atoms with Gasteiger partial charge in [0.15, 0.2) is 12.6 Å². The summed E-state index contributed by atoms with van der Waals surface area (Å²) < 4.78 is 23.6. The topological polar surface area (TPSA) is 77.4 Å². The molecule has 44 heavy (non-hydrogen) atoms. The summed E-state index contributed by atoms with van der Waals surface area (Å²) in [6.45, 7) is 13.6. The summed E-state index contributed by atoms with van der Waals surface area (Å²) >= 11 is 0. The van der Waals surface area contributed by atoms with E-state index in [0.29, 0.717) is 13.2 Å². The molecule has 0 saturated carbocycles. The SMILES string of the molecule is CC(OCCCCOC(C)Oc1ccc(C(C)(C)c2ccc(O)cc2)cc1)Oc1ccc(C(C)(C)c2ccc(O)cc2)cc1. The van der Waals surface area contributed by atoms with Crippen LogP contribution >= 0.6 is 0 Å². The standard InChI is InChI=1S/C38H46O6/c1-27(43-35-21-13-31(14-22-35)37(3,4)29-9-17-33(39)18-10-29)41-25-7-8-26-42-28(2)44-36-23-15-32(16-24-36)38(5,6)30-11-19-34(40)20-12-30/h9-24,27-28,39-40H,7-8,25-26H2,1-6H3. The normalized spacial score (nSPS) is 13.3. The van der Waals surface area contributed by atoms with Crippen LogP contribution in [0.15, 0.2) is 97.1 Å². The van der Waals surface area contributed by atoms with Crippen LogP contribution in [0.2, 0.25) is 0 Å². The van der Waals surface area contributed by atoms with Crippen molar-refractivity contribution in [2.75, 3.05) is 13.2 Å². The number of rotatable bonds is 15. The van der Waals surface area contributed by atoms with Gasteiger partial charge < -0.3 is 29.2 Å². The Balaban J connectivity index is 1.12. The Kier molecular flexibility index (Phi) is 11.0. The van der Waals surface area contributed by atoms with Crippen LogP contribution in [-0.4, -0.2) is 36.0 Å². The fourth-order valence-corrected chi connectivity index (χ4v) is 5.14. The highest BCUT2D eigenvalue weighted by molar-refractivity contribution is 5.43. The number of hydrogen-bond donors (Lipinski definition) is 2. The minimum absolute atomic E-state index is 0.198. The molecule has 0 amide bonds. The van der Waals surface area contributed by atoms with Crippen LogP contribution in [0.1, 0.15) is 76.6 Å². The third-order valence-electron chi connectivity index (χ3n) is 8.18. The number of phenols is 2. The molecule has 4 aromatic carbocycles. The van der Waals surface area contributed by atoms with Crippen molar-refractivity contribution in [3.63, 3.8) is 0 Å². The van der Waals surface area contributed by atoms with E-state index in [1.165, 1.54) is 0 Å². The van der Waals surface area contributed by atoms with E-state index in [1.807, 2.05) is 62.4 Å². The third-order valence-corrected chi connectivity index (χ3v) is 8.18. The zero-order valence-corrected chi connectivity index (χ0v) is 26.7. The van der Waals surface area contributed by atoms with Crippen molar-refractivity contribution in [3.05, 3.63) is 119 Å². The van der Waals surface area contributed by atoms with Gasteiger partial charge in [-0.3, -0.25) is 0 Å². The maximum absolute atomic E-state index is 9.60. The Morgan fingerprint density at radius 3 is 1.05 bits per heavy atom. The van der Waals surface area contributed by atoms with Crippen LogP contribution in [0.5, 0.6) is 23.0 Å². The number of unbranched alkanes of at least 4 members (excludes halogenated alkanes) is 1. The lowest BCUT2D eigenvalue weighted by molar-refractivity contribution is -0.0804. The van der Waals surface area contributed by atoms with Gasteiger partial charge in [-0.15, -0.1) is 0 Å². The average molecular weight is 599 g/mol. The number of benzene rings is 4. The van der Waals surface area contributed by atoms with Crippen molar-refractivity contribution in [2.45, 2.75) is 77.8 Å². The molecule has 0 aliphatic rings. The molecule has 6 heteroatoms. The molecule has 4 aromatic rings. The molecule has 6 nitrogen and oxygen atoms in total. The Morgan fingerprint density at radius 1 is 0.477 bits per heavy atom. The number of hydrogen-bond acceptors (Lipinski definition) is 6. The summed E-state index contributed by atoms with van der Waals surface area (Å²) in [5, 5.41) is 19.2. The molecule has 0 aliphatic carbocycles. The molecule has 0 saturated heterocycles. The van der Waals surface area contributed by atoms with E-state index in [2.05, 4.69) is 52.0 Å². The summed E-state index contributed by atoms with van der Waals surface area (Å²) in [6, 6.07) is 30.9. The Labute approximate surface area is 262 Å². The Hall–Kier alpha value is -4.00. The first-order chi connectivity index (χ1) is 20.9. The Bertz CT molecular complexity index is 1310. The zero-order chi connectivity index (χ0) is 31.7. The average Bonchev–Trinajstić information content (AvgIpc) is 3.00. The van der Waals surface area contributed by atoms with Gasteiger partial charge in [0, 0.05) is 10.8 Å². The second-order valence-electron chi connectivity index (χ2n) is 12.2. The van der Waals surface area contributed by atoms with Crippen molar-refractivity contribution in [2.24, 2.45) is 0 Å². The van der Waals surface area contributed by atoms with Crippen LogP contribution in [0.4, 0.5) is 0 Å². The summed E-state index contributed by atoms with van der Waals surface area (Å²) in [5.41, 5.74) is 4.19. The first-order valence-electron chi connectivity index (χ1n) is 15.3. The molecule has 2 N–H and O–H groups in total. The highest BCUT2D eigenvalue weighted by Crippen LogP contribution is 2.34. The van der Waals surface area contributed by atoms with Gasteiger partial charge in [0.2, 0.25) is 0 Å². The van der Waals surface area contributed by atoms with Gasteiger partial charge in [-0.2, -0.15) is 0 Å². The van der Waals surface area contributed by atoms with Crippen LogP contribution in [0.3, 0.4) is 0 Å². The first kappa shape index (κ1) is 32.9. The fraction of sp³-hybridized carbons (Fsp3) is 0.368. The Morgan fingerprint density at radius 2 is 0.750 bits per heavy atom. The van der Waals surface area contributed by atoms with Crippen molar-refractivity contribution >= 4 is 0 Å². The number of ether oxygens (including phenoxy) is 4. The lowest BCUT2D eigenvalue weighted by Gasteiger charge is -2.26. The molecular weight excluding hydrogens is 552 g/mol. The number of phenolic OH excluding ortho intramolecular Hbond substituents is 2. The highest BCUT2D eigenvalue weighted by Gasteiger charge is 2.24. The van der Waals surface area contributed by atoms with Crippen molar-refractivity contribution in [1.29, 1.82) is 0 Å². The highest BCUT2D eigenvalue weighted by atomic mass is 16.7. The van der Waals surface area contributed by atoms with Crippen LogP contribution < -0.4 is 9.47 Å². The molecule has 2 atom stereocenters. The fourth-order valence-electron chi connectivity index (χ4n) is 5.14. The van der Waals surface area contributed by atoms with E-state index in [4.69, 9.17) is 18.9 Å². The van der Waals surface area contributed by atoms with E-state index in [0.717, 1.165) is 46.6 Å². The van der Waals surface area contributed by atoms with Gasteiger partial charge in [-0.1, -0.05) is 76.2 Å². The van der Waals surface area contributed by atoms with Crippen LogP contribution in [0, 0.1) is 0 Å². The second kappa shape index (κ2) is 14.7. The predicted octanol–water partition coefficient (Wildman–Crippen LogP) is 8.71. The molecule has 4 rings (SSSR count). The van der Waals surface area contributed by atoms with Gasteiger partial charge in [0.1, 0.15) is 23.0 Å². The van der Waals surface area contributed by atoms with Gasteiger partial charge >= 0.3 is 0 Å². The number of aromatic hydroxyl groups is 2. The molecule has 0 spiro atoms. The van der Waals surface area contributed by atoms with E-state index >= 15 is 0 Å². The van der Waals surface area contributed by atoms with Crippen LogP contribution in [0.25, 0.3) is 0 Å². The summed E-state index contributed by atoms with van der Waals surface area (Å²) in [6.07, 6.45) is 0.967. The van der Waals surface area contributed by atoms with Gasteiger partial charge in [-0.05, 0) is 97.5 Å². The molecule has 0 fully saturated rings. The second-order valence-corrected chi connectivity index (χ2v) is 12.2. The summed E-state index contributed by atoms with van der Waals surface area (Å²) in [7, 11) is 0. The minimum atomic E-state index is -0.365. The first-order valence-corrected chi connectivity index (χ1v) is 15.3. The predicted molar refractivity (Wildman–Crippen MR) is 175 cm³/mol. The molecule has 0 aliphatic heterocycles. The summed E-state index contributed by atoms with van der Waals surface area (Å²) in [5.74, 6) is 2.05. The zero-order valence-electron chi connectivity index (χ0n) is 26.7. The van der Waals surface area contributed by atoms with E-state index in [-0.39, 0.29) is 34.9 Å². The molecule has 2 unspecified atom stereocenters. The maximum atomic E-state index is 9.60. The van der Waals surface area contributed by atoms with Crippen molar-refractivity contribution in [1.82, 2.24) is 0 Å². The minimum Gasteiger partial charge on any atom is -0.508 e. The molecule has 0 heterocycles. The van der Waals surface area contributed by atoms with Crippen molar-refractivity contribution < 1.29 is 29.2 Å². The van der Waals surface area contributed by atoms with E-state index in [9.17, 15) is 10.2 Å². The molecule has 0 bridgehead atoms. The van der Waals surface area contributed by atoms with Crippen LogP contribution in [-0.2, 0) is 20.3 Å². The lowest BCUT2D eigenvalue weighted by Crippen LogP contribution is -2.20. The van der Waals surface area contributed by atoms with E-state index in [1.54, 1.807) is 24.3 Å². The van der Waals surface area contributed by atoms with Crippen molar-refractivity contribution in [3.8, 4) is 23.0 Å². The van der Waals surface area contributed by atoms with Gasteiger partial charge in [0.25, 0.3) is 0 Å². The monoisotopic (exact) mass is 598 g/mol. The third kappa shape index (κ3) is 8.77. The smallest absolute Gasteiger partial charge is 0.196 e. The molecule has 0 aromatic heterocycles. The van der Waals surface area contributed by atoms with E-state index < -0.39 is 0 Å². The maximum Gasteiger partial charge on any atom is 0.196 e. The lowest BCUT2D eigenvalue weighted by atomic mass is 9.78. The quantitative estimate of drug-likeness (QED) is 0.105. The molecule has 0 radical (unpaired) electrons. The molecular formula is C38H46O6. The summed E-state index contributed by atoms with van der Waals surface area (Å²) in [4.78, 5) is 0. The molecule has 234 valence electrons.